The Labute approximate surface area is 411 Å². The zero-order valence-corrected chi connectivity index (χ0v) is 45.6. The van der Waals surface area contributed by atoms with E-state index in [2.05, 4.69) is 210 Å². The number of hydrogen-bond acceptors (Lipinski definition) is 1. The molecule has 63 heavy (non-hydrogen) atoms. The molecule has 336 valence electrons. The number of nitrogens with zero attached hydrogens (tertiary/aromatic N) is 4. The third-order valence-electron chi connectivity index (χ3n) is 11.3. The molecular weight excluding hydrogens is 842 g/mol. The molecule has 0 saturated heterocycles. The zero-order valence-electron chi connectivity index (χ0n) is 42.8. The molecule has 0 radical (unpaired) electrons. The summed E-state index contributed by atoms with van der Waals surface area (Å²) < 4.78 is 0. The molecule has 0 aliphatic heterocycles. The number of para-hydroxylation sites is 4. The van der Waals surface area contributed by atoms with Crippen LogP contribution in [0.4, 0.5) is 22.7 Å². The van der Waals surface area contributed by atoms with Gasteiger partial charge in [-0.25, -0.2) is 0 Å². The van der Waals surface area contributed by atoms with Gasteiger partial charge in [-0.3, -0.25) is 4.99 Å². The summed E-state index contributed by atoms with van der Waals surface area (Å²) in [7, 11) is 0. The first-order chi connectivity index (χ1) is 29.0. The monoisotopic (exact) mass is 923 g/mol. The van der Waals surface area contributed by atoms with Crippen LogP contribution in [0.15, 0.2) is 114 Å². The quantitative estimate of drug-likeness (QED) is 0.0748. The Morgan fingerprint density at radius 1 is 0.397 bits per heavy atom. The van der Waals surface area contributed by atoms with Gasteiger partial charge in [0.2, 0.25) is 0 Å². The van der Waals surface area contributed by atoms with Gasteiger partial charge in [-0.05, 0) is 65.4 Å². The maximum Gasteiger partial charge on any atom is 3.00 e. The molecule has 0 atom stereocenters. The Kier molecular flexibility index (Phi) is 22.6. The minimum atomic E-state index is 0. The van der Waals surface area contributed by atoms with E-state index >= 15 is 0 Å². The zero-order chi connectivity index (χ0) is 46.6. The van der Waals surface area contributed by atoms with E-state index < -0.39 is 0 Å². The van der Waals surface area contributed by atoms with Crippen LogP contribution < -0.4 is 0 Å². The Bertz CT molecular complexity index is 2090. The molecule has 0 heterocycles. The molecule has 4 aromatic rings. The fraction of sp³-hybridized carbons (Fsp3) is 0.466. The summed E-state index contributed by atoms with van der Waals surface area (Å²) in [6, 6.07) is 26.2. The predicted molar refractivity (Wildman–Crippen MR) is 277 cm³/mol. The van der Waals surface area contributed by atoms with Crippen LogP contribution in [0.25, 0.3) is 16.0 Å². The first-order valence-corrected chi connectivity index (χ1v) is 23.3. The fourth-order valence-corrected chi connectivity index (χ4v) is 7.91. The van der Waals surface area contributed by atoms with Crippen LogP contribution >= 0.6 is 0 Å². The maximum atomic E-state index is 5.08. The van der Waals surface area contributed by atoms with Crippen molar-refractivity contribution in [3.05, 3.63) is 169 Å². The third kappa shape index (κ3) is 15.7. The van der Waals surface area contributed by atoms with Crippen LogP contribution in [0, 0.1) is 0 Å². The van der Waals surface area contributed by atoms with Gasteiger partial charge in [-0.1, -0.05) is 243 Å². The van der Waals surface area contributed by atoms with Gasteiger partial charge < -0.3 is 16.0 Å². The average Bonchev–Trinajstić information content (AvgIpc) is 3.17. The molecule has 4 nitrogen and oxygen atoms in total. The van der Waals surface area contributed by atoms with Gasteiger partial charge in [0.25, 0.3) is 0 Å². The second-order valence-electron chi connectivity index (χ2n) is 19.5. The molecule has 4 aromatic carbocycles. The summed E-state index contributed by atoms with van der Waals surface area (Å²) in [4.78, 5) is 5.08. The Hall–Kier alpha value is -3.73. The van der Waals surface area contributed by atoms with Crippen molar-refractivity contribution in [2.75, 3.05) is 0 Å². The van der Waals surface area contributed by atoms with E-state index in [1.165, 1.54) is 44.5 Å². The van der Waals surface area contributed by atoms with Crippen LogP contribution in [0.3, 0.4) is 0 Å². The van der Waals surface area contributed by atoms with Crippen LogP contribution in [0.1, 0.15) is 223 Å². The second kappa shape index (κ2) is 25.7. The third-order valence-corrected chi connectivity index (χ3v) is 11.3. The first-order valence-electron chi connectivity index (χ1n) is 23.3. The molecule has 5 heteroatoms. The summed E-state index contributed by atoms with van der Waals surface area (Å²) in [5, 5.41) is 15.1. The first kappa shape index (κ1) is 55.4. The van der Waals surface area contributed by atoms with Crippen molar-refractivity contribution in [2.45, 2.75) is 179 Å². The number of aliphatic imine (C=N–C) groups is 1. The van der Waals surface area contributed by atoms with Crippen molar-refractivity contribution in [3.8, 4) is 0 Å². The van der Waals surface area contributed by atoms with E-state index in [-0.39, 0.29) is 32.7 Å². The smallest absolute Gasteiger partial charge is 0.661 e. The van der Waals surface area contributed by atoms with Crippen molar-refractivity contribution < 1.29 is 32.7 Å². The van der Waals surface area contributed by atoms with Crippen LogP contribution in [-0.2, 0) is 32.7 Å². The Morgan fingerprint density at radius 2 is 0.635 bits per heavy atom. The van der Waals surface area contributed by atoms with E-state index in [1.807, 2.05) is 13.0 Å². The summed E-state index contributed by atoms with van der Waals surface area (Å²) >= 11 is 0. The number of rotatable bonds is 17. The number of hydrogen-bond donors (Lipinski definition) is 0. The van der Waals surface area contributed by atoms with E-state index in [1.54, 1.807) is 0 Å². The summed E-state index contributed by atoms with van der Waals surface area (Å²) in [6.07, 6.45) is 4.12. The molecule has 0 N–H and O–H groups in total. The van der Waals surface area contributed by atoms with Crippen LogP contribution in [0.5, 0.6) is 0 Å². The molecule has 0 aliphatic carbocycles. The molecule has 0 saturated carbocycles. The second-order valence-corrected chi connectivity index (χ2v) is 19.5. The van der Waals surface area contributed by atoms with Crippen molar-refractivity contribution in [1.29, 1.82) is 0 Å². The minimum Gasteiger partial charge on any atom is -0.661 e. The Balaban J connectivity index is 0.000000427. The standard InChI is InChI=1S/C29H41N2.C29H40N2.Y/c2*1-18(2)24-13-11-14-25(19(3)4)28(24)30-22(9)17-23(10)31-29-26(20(5)6)15-12-16-27(29)21(7)8;/h11-21H,1-10H3;11-21H,9H2,1-8,10H3;/q-1;-2;+3/b22-17-,31-23?;23-17-;. The van der Waals surface area contributed by atoms with Gasteiger partial charge in [-0.2, -0.15) is 11.4 Å². The van der Waals surface area contributed by atoms with Gasteiger partial charge in [-0.15, -0.1) is 29.3 Å². The van der Waals surface area contributed by atoms with Gasteiger partial charge in [0.1, 0.15) is 0 Å². The molecular formula is C58H81N4Y. The number of allylic oxidation sites excluding steroid dienone is 4. The van der Waals surface area contributed by atoms with Crippen LogP contribution in [0.2, 0.25) is 0 Å². The van der Waals surface area contributed by atoms with E-state index in [4.69, 9.17) is 20.9 Å². The molecule has 4 rings (SSSR count). The fourth-order valence-electron chi connectivity index (χ4n) is 7.91. The van der Waals surface area contributed by atoms with E-state index in [9.17, 15) is 0 Å². The number of benzene rings is 4. The molecule has 0 unspecified atom stereocenters. The van der Waals surface area contributed by atoms with Crippen molar-refractivity contribution in [2.24, 2.45) is 4.99 Å². The predicted octanol–water partition coefficient (Wildman–Crippen LogP) is 20.2. The molecule has 0 aliphatic rings. The van der Waals surface area contributed by atoms with Crippen LogP contribution in [-0.4, -0.2) is 5.71 Å². The van der Waals surface area contributed by atoms with Gasteiger partial charge in [0.05, 0.1) is 5.69 Å². The van der Waals surface area contributed by atoms with E-state index in [0.717, 1.165) is 45.6 Å². The van der Waals surface area contributed by atoms with Gasteiger partial charge in [0, 0.05) is 5.71 Å². The largest absolute Gasteiger partial charge is 3.00 e. The summed E-state index contributed by atoms with van der Waals surface area (Å²) in [6.45, 7) is 46.1. The topological polar surface area (TPSA) is 54.7 Å². The summed E-state index contributed by atoms with van der Waals surface area (Å²) in [5.74, 6) is 3.41. The Morgan fingerprint density at radius 3 is 0.905 bits per heavy atom. The van der Waals surface area contributed by atoms with Crippen molar-refractivity contribution >= 4 is 28.5 Å². The van der Waals surface area contributed by atoms with Gasteiger partial charge in [0.15, 0.2) is 0 Å². The molecule has 0 amide bonds. The maximum absolute atomic E-state index is 5.08. The van der Waals surface area contributed by atoms with Crippen molar-refractivity contribution in [3.63, 3.8) is 0 Å². The van der Waals surface area contributed by atoms with Gasteiger partial charge >= 0.3 is 32.7 Å². The summed E-state index contributed by atoms with van der Waals surface area (Å²) in [5.41, 5.74) is 18.4. The SMILES string of the molecule is C=C(/C=C(/C)[N-]c1c(C(C)C)cccc1C(C)C)[N-]c1c(C(C)C)cccc1C(C)C.CC(/C=C(/C)[N-]c1c(C(C)C)cccc1C(C)C)=Nc1c(C(C)C)cccc1C(C)C.[Y+3]. The van der Waals surface area contributed by atoms with Crippen molar-refractivity contribution in [1.82, 2.24) is 0 Å². The molecule has 0 aromatic heterocycles. The molecule has 0 fully saturated rings. The van der Waals surface area contributed by atoms with E-state index in [0.29, 0.717) is 47.3 Å². The molecule has 0 bridgehead atoms. The average molecular weight is 923 g/mol. The normalized spacial score (nSPS) is 12.5. The minimum absolute atomic E-state index is 0. The molecule has 0 spiro atoms.